The normalized spacial score (nSPS) is 16.9. The maximum absolute atomic E-state index is 13.1. The Bertz CT molecular complexity index is 1370. The van der Waals surface area contributed by atoms with Crippen molar-refractivity contribution in [2.24, 2.45) is 5.73 Å². The molecule has 0 radical (unpaired) electrons. The number of hydrogen-bond acceptors (Lipinski definition) is 5. The van der Waals surface area contributed by atoms with Gasteiger partial charge in [-0.25, -0.2) is 4.39 Å². The Hall–Kier alpha value is -4.53. The van der Waals surface area contributed by atoms with Gasteiger partial charge in [0.1, 0.15) is 11.6 Å². The second kappa shape index (κ2) is 9.26. The Balaban J connectivity index is 1.25. The third-order valence-corrected chi connectivity index (χ3v) is 6.29. The van der Waals surface area contributed by atoms with Crippen LogP contribution in [-0.2, 0) is 16.1 Å². The van der Waals surface area contributed by atoms with E-state index < -0.39 is 17.8 Å². The fraction of sp³-hybridized carbons (Fsp3) is 0.185. The molecule has 0 unspecified atom stereocenters. The summed E-state index contributed by atoms with van der Waals surface area (Å²) in [5, 5.41) is 0. The molecule has 5 rings (SSSR count). The molecule has 0 aromatic heterocycles. The first-order valence-electron chi connectivity index (χ1n) is 11.4. The summed E-state index contributed by atoms with van der Waals surface area (Å²) in [4.78, 5) is 52.4. The zero-order valence-corrected chi connectivity index (χ0v) is 19.1. The van der Waals surface area contributed by atoms with Crippen LogP contribution < -0.4 is 15.4 Å². The fourth-order valence-electron chi connectivity index (χ4n) is 4.47. The molecule has 2 heterocycles. The quantitative estimate of drug-likeness (QED) is 0.516. The molecule has 0 saturated carbocycles. The lowest BCUT2D eigenvalue weighted by Gasteiger charge is -2.18. The second-order valence-electron chi connectivity index (χ2n) is 8.71. The number of carbonyl (C=O) groups is 4. The van der Waals surface area contributed by atoms with Crippen molar-refractivity contribution < 1.29 is 28.3 Å². The van der Waals surface area contributed by atoms with E-state index in [0.717, 1.165) is 5.56 Å². The minimum absolute atomic E-state index is 0.157. The summed E-state index contributed by atoms with van der Waals surface area (Å²) in [6.45, 7) is 0.565. The molecule has 36 heavy (non-hydrogen) atoms. The number of hydrogen-bond donors (Lipinski definition) is 1. The minimum atomic E-state index is -0.709. The maximum Gasteiger partial charge on any atom is 0.268 e. The molecule has 2 aliphatic heterocycles. The number of nitrogens with zero attached hydrogens (tertiary/aromatic N) is 2. The standard InChI is InChI=1S/C27H22FN3O5/c28-19-6-1-16(2-7-19)25(33)17-4-9-21(10-5-17)36-23-11-12-31(27(23)35)20-8-3-18-14-30(15-24(29)32)26(34)22(18)13-20/h1-10,13,23H,11-12,14-15H2,(H2,29,32)/t23-/m1/s1. The average molecular weight is 487 g/mol. The number of ketones is 1. The van der Waals surface area contributed by atoms with Crippen molar-refractivity contribution in [3.63, 3.8) is 0 Å². The number of rotatable bonds is 7. The van der Waals surface area contributed by atoms with E-state index in [-0.39, 0.29) is 24.1 Å². The first kappa shape index (κ1) is 23.2. The summed E-state index contributed by atoms with van der Waals surface area (Å²) >= 11 is 0. The lowest BCUT2D eigenvalue weighted by atomic mass is 10.0. The van der Waals surface area contributed by atoms with E-state index in [1.807, 2.05) is 0 Å². The van der Waals surface area contributed by atoms with Crippen molar-refractivity contribution in [2.75, 3.05) is 18.0 Å². The van der Waals surface area contributed by atoms with Crippen LogP contribution in [0.2, 0.25) is 0 Å². The monoisotopic (exact) mass is 487 g/mol. The van der Waals surface area contributed by atoms with Crippen molar-refractivity contribution in [2.45, 2.75) is 19.1 Å². The van der Waals surface area contributed by atoms with E-state index in [9.17, 15) is 23.6 Å². The predicted octanol–water partition coefficient (Wildman–Crippen LogP) is 2.68. The number of amides is 3. The third kappa shape index (κ3) is 4.43. The molecule has 9 heteroatoms. The molecule has 8 nitrogen and oxygen atoms in total. The summed E-state index contributed by atoms with van der Waals surface area (Å²) in [7, 11) is 0. The molecular formula is C27H22FN3O5. The second-order valence-corrected chi connectivity index (χ2v) is 8.71. The SMILES string of the molecule is NC(=O)CN1Cc2ccc(N3CC[C@@H](Oc4ccc(C(=O)c5ccc(F)cc5)cc4)C3=O)cc2C1=O. The maximum atomic E-state index is 13.1. The van der Waals surface area contributed by atoms with Crippen LogP contribution in [0, 0.1) is 5.82 Å². The highest BCUT2D eigenvalue weighted by Gasteiger charge is 2.36. The topological polar surface area (TPSA) is 110 Å². The highest BCUT2D eigenvalue weighted by atomic mass is 19.1. The van der Waals surface area contributed by atoms with E-state index in [0.29, 0.717) is 47.6 Å². The zero-order valence-electron chi connectivity index (χ0n) is 19.1. The molecule has 2 aliphatic rings. The molecule has 1 atom stereocenters. The van der Waals surface area contributed by atoms with Crippen LogP contribution in [-0.4, -0.2) is 47.6 Å². The highest BCUT2D eigenvalue weighted by Crippen LogP contribution is 2.30. The van der Waals surface area contributed by atoms with Gasteiger partial charge in [-0.2, -0.15) is 0 Å². The Morgan fingerprint density at radius 1 is 0.972 bits per heavy atom. The number of benzene rings is 3. The van der Waals surface area contributed by atoms with Crippen LogP contribution in [0.1, 0.15) is 38.3 Å². The molecule has 3 amide bonds. The summed E-state index contributed by atoms with van der Waals surface area (Å²) in [6.07, 6.45) is -0.257. The van der Waals surface area contributed by atoms with Gasteiger partial charge < -0.3 is 20.3 Å². The molecule has 0 bridgehead atoms. The van der Waals surface area contributed by atoms with E-state index in [1.165, 1.54) is 29.2 Å². The summed E-state index contributed by atoms with van der Waals surface area (Å²) in [5.41, 5.74) is 7.82. The van der Waals surface area contributed by atoms with Crippen LogP contribution in [0.3, 0.4) is 0 Å². The van der Waals surface area contributed by atoms with Crippen molar-refractivity contribution >= 4 is 29.2 Å². The fourth-order valence-corrected chi connectivity index (χ4v) is 4.47. The van der Waals surface area contributed by atoms with E-state index in [2.05, 4.69) is 0 Å². The Kier molecular flexibility index (Phi) is 5.97. The number of nitrogens with two attached hydrogens (primary N) is 1. The van der Waals surface area contributed by atoms with Gasteiger partial charge in [-0.1, -0.05) is 6.07 Å². The lowest BCUT2D eigenvalue weighted by molar-refractivity contribution is -0.123. The Morgan fingerprint density at radius 2 is 1.64 bits per heavy atom. The summed E-state index contributed by atoms with van der Waals surface area (Å²) < 4.78 is 19.0. The zero-order chi connectivity index (χ0) is 25.4. The average Bonchev–Trinajstić information content (AvgIpc) is 3.38. The molecule has 0 spiro atoms. The van der Waals surface area contributed by atoms with Crippen LogP contribution in [0.25, 0.3) is 0 Å². The third-order valence-electron chi connectivity index (χ3n) is 6.29. The number of ether oxygens (including phenoxy) is 1. The number of anilines is 1. The molecule has 182 valence electrons. The van der Waals surface area contributed by atoms with Gasteiger partial charge >= 0.3 is 0 Å². The summed E-state index contributed by atoms with van der Waals surface area (Å²) in [6, 6.07) is 17.0. The van der Waals surface area contributed by atoms with E-state index in [1.54, 1.807) is 47.4 Å². The molecule has 2 N–H and O–H groups in total. The van der Waals surface area contributed by atoms with Crippen LogP contribution in [0.4, 0.5) is 10.1 Å². The number of primary amides is 1. The first-order valence-corrected chi connectivity index (χ1v) is 11.4. The largest absolute Gasteiger partial charge is 0.481 e. The molecule has 3 aromatic carbocycles. The number of carbonyl (C=O) groups excluding carboxylic acids is 4. The van der Waals surface area contributed by atoms with Gasteiger partial charge in [-0.05, 0) is 66.2 Å². The smallest absolute Gasteiger partial charge is 0.268 e. The number of fused-ring (bicyclic) bond motifs is 1. The van der Waals surface area contributed by atoms with Gasteiger partial charge in [-0.3, -0.25) is 19.2 Å². The molecule has 1 saturated heterocycles. The highest BCUT2D eigenvalue weighted by molar-refractivity contribution is 6.09. The Labute approximate surface area is 206 Å². The Morgan fingerprint density at radius 3 is 2.31 bits per heavy atom. The summed E-state index contributed by atoms with van der Waals surface area (Å²) in [5.74, 6) is -1.33. The van der Waals surface area contributed by atoms with Crippen molar-refractivity contribution in [1.82, 2.24) is 4.90 Å². The molecular weight excluding hydrogens is 465 g/mol. The van der Waals surface area contributed by atoms with Gasteiger partial charge in [0.2, 0.25) is 5.91 Å². The van der Waals surface area contributed by atoms with Crippen molar-refractivity contribution in [3.05, 3.63) is 94.8 Å². The molecule has 3 aromatic rings. The van der Waals surface area contributed by atoms with Crippen molar-refractivity contribution in [1.29, 1.82) is 0 Å². The predicted molar refractivity (Wildman–Crippen MR) is 128 cm³/mol. The van der Waals surface area contributed by atoms with Gasteiger partial charge in [0.05, 0.1) is 6.54 Å². The van der Waals surface area contributed by atoms with E-state index >= 15 is 0 Å². The van der Waals surface area contributed by atoms with Crippen molar-refractivity contribution in [3.8, 4) is 5.75 Å². The lowest BCUT2D eigenvalue weighted by Crippen LogP contribution is -2.34. The van der Waals surface area contributed by atoms with Gasteiger partial charge in [0, 0.05) is 41.9 Å². The van der Waals surface area contributed by atoms with Gasteiger partial charge in [-0.15, -0.1) is 0 Å². The molecule has 1 fully saturated rings. The van der Waals surface area contributed by atoms with Gasteiger partial charge in [0.15, 0.2) is 11.9 Å². The number of halogens is 1. The first-order chi connectivity index (χ1) is 17.3. The minimum Gasteiger partial charge on any atom is -0.481 e. The van der Waals surface area contributed by atoms with Crippen LogP contribution in [0.5, 0.6) is 5.75 Å². The van der Waals surface area contributed by atoms with Crippen LogP contribution in [0.15, 0.2) is 66.7 Å². The van der Waals surface area contributed by atoms with E-state index in [4.69, 9.17) is 10.5 Å². The molecule has 0 aliphatic carbocycles. The van der Waals surface area contributed by atoms with Gasteiger partial charge in [0.25, 0.3) is 11.8 Å². The van der Waals surface area contributed by atoms with Crippen LogP contribution >= 0.6 is 0 Å².